The lowest BCUT2D eigenvalue weighted by Gasteiger charge is -2.36. The smallest absolute Gasteiger partial charge is 0.419 e. The number of carbonyl (C=O) groups excluding carboxylic acids is 3. The van der Waals surface area contributed by atoms with Crippen LogP contribution in [0.25, 0.3) is 11.0 Å². The van der Waals surface area contributed by atoms with Crippen LogP contribution in [0.4, 0.5) is 9.59 Å². The Balaban J connectivity index is 1.72. The van der Waals surface area contributed by atoms with Gasteiger partial charge >= 0.3 is 12.2 Å². The van der Waals surface area contributed by atoms with E-state index in [4.69, 9.17) is 18.9 Å². The van der Waals surface area contributed by atoms with Gasteiger partial charge in [0.2, 0.25) is 0 Å². The minimum atomic E-state index is -1.96. The Kier molecular flexibility index (Phi) is 11.4. The standard InChI is InChI=1S/C38H56N4O8Si/c1-13-14-15-26(32-39-25-17-16-24(20-27(25)42(32)34(45)46)48-18-19-49-51(11,12)37(6,7)8)40-33(44)31-23(2)30-28(21-38(9,10)22-29(30)43)41(31)35(47)50-36(3,4)5/h16-17,20,26H,13-15,18-19,21-22H2,1-12H3,(H,40,44)(H,45,46)/t26-/m0/s1. The Labute approximate surface area is 302 Å². The lowest BCUT2D eigenvalue weighted by Crippen LogP contribution is -2.41. The van der Waals surface area contributed by atoms with Crippen LogP contribution in [-0.4, -0.2) is 70.2 Å². The molecule has 0 fully saturated rings. The van der Waals surface area contributed by atoms with Crippen LogP contribution in [0, 0.1) is 12.3 Å². The van der Waals surface area contributed by atoms with Crippen LogP contribution in [0.1, 0.15) is 132 Å². The second-order valence-corrected chi connectivity index (χ2v) is 21.7. The fourth-order valence-corrected chi connectivity index (χ4v) is 7.30. The summed E-state index contributed by atoms with van der Waals surface area (Å²) in [7, 11) is -1.96. The highest BCUT2D eigenvalue weighted by Crippen LogP contribution is 2.40. The Morgan fingerprint density at radius 3 is 2.31 bits per heavy atom. The summed E-state index contributed by atoms with van der Waals surface area (Å²) >= 11 is 0. The highest BCUT2D eigenvalue weighted by atomic mass is 28.4. The van der Waals surface area contributed by atoms with Crippen molar-refractivity contribution in [1.82, 2.24) is 19.4 Å². The van der Waals surface area contributed by atoms with E-state index in [1.807, 2.05) is 20.8 Å². The van der Waals surface area contributed by atoms with Crippen LogP contribution < -0.4 is 10.1 Å². The molecule has 12 nitrogen and oxygen atoms in total. The number of ketones is 1. The molecule has 3 aromatic rings. The van der Waals surface area contributed by atoms with Gasteiger partial charge in [-0.05, 0) is 81.8 Å². The number of ether oxygens (including phenoxy) is 2. The monoisotopic (exact) mass is 724 g/mol. The molecule has 4 rings (SSSR count). The van der Waals surface area contributed by atoms with E-state index >= 15 is 0 Å². The first-order valence-electron chi connectivity index (χ1n) is 17.8. The molecular formula is C38H56N4O8Si. The van der Waals surface area contributed by atoms with Gasteiger partial charge in [0, 0.05) is 23.7 Å². The molecule has 51 heavy (non-hydrogen) atoms. The van der Waals surface area contributed by atoms with Gasteiger partial charge in [-0.3, -0.25) is 9.59 Å². The van der Waals surface area contributed by atoms with Gasteiger partial charge in [-0.15, -0.1) is 0 Å². The van der Waals surface area contributed by atoms with Crippen molar-refractivity contribution in [2.45, 2.75) is 131 Å². The molecular weight excluding hydrogens is 669 g/mol. The highest BCUT2D eigenvalue weighted by molar-refractivity contribution is 6.74. The van der Waals surface area contributed by atoms with Crippen LogP contribution in [0.3, 0.4) is 0 Å². The Bertz CT molecular complexity index is 1820. The van der Waals surface area contributed by atoms with Crippen LogP contribution in [-0.2, 0) is 15.6 Å². The van der Waals surface area contributed by atoms with E-state index in [9.17, 15) is 24.3 Å². The number of aromatic nitrogens is 3. The van der Waals surface area contributed by atoms with Crippen LogP contribution in [0.15, 0.2) is 18.2 Å². The highest BCUT2D eigenvalue weighted by Gasteiger charge is 2.41. The third-order valence-electron chi connectivity index (χ3n) is 9.80. The van der Waals surface area contributed by atoms with Crippen LogP contribution >= 0.6 is 0 Å². The summed E-state index contributed by atoms with van der Waals surface area (Å²) < 4.78 is 20.3. The zero-order valence-corrected chi connectivity index (χ0v) is 33.4. The first kappa shape index (κ1) is 39.8. The number of carboxylic acid groups (broad SMARTS) is 1. The van der Waals surface area contributed by atoms with Crippen molar-refractivity contribution in [3.8, 4) is 5.75 Å². The summed E-state index contributed by atoms with van der Waals surface area (Å²) in [4.78, 5) is 59.0. The van der Waals surface area contributed by atoms with Gasteiger partial charge in [0.05, 0.1) is 23.7 Å². The number of hydrogen-bond donors (Lipinski definition) is 2. The molecule has 0 aliphatic heterocycles. The largest absolute Gasteiger partial charge is 0.491 e. The molecule has 1 atom stereocenters. The lowest BCUT2D eigenvalue weighted by molar-refractivity contribution is 0.0518. The van der Waals surface area contributed by atoms with Gasteiger partial charge in [0.1, 0.15) is 29.5 Å². The summed E-state index contributed by atoms with van der Waals surface area (Å²) in [5, 5.41) is 13.5. The Morgan fingerprint density at radius 2 is 1.73 bits per heavy atom. The number of nitrogens with one attached hydrogen (secondary N) is 1. The van der Waals surface area contributed by atoms with Gasteiger partial charge in [-0.25, -0.2) is 23.7 Å². The predicted octanol–water partition coefficient (Wildman–Crippen LogP) is 8.67. The van der Waals surface area contributed by atoms with Crippen LogP contribution in [0.2, 0.25) is 18.1 Å². The number of rotatable bonds is 11. The zero-order chi connectivity index (χ0) is 38.3. The van der Waals surface area contributed by atoms with Crippen molar-refractivity contribution in [1.29, 1.82) is 0 Å². The summed E-state index contributed by atoms with van der Waals surface area (Å²) in [6.07, 6.45) is 0.460. The van der Waals surface area contributed by atoms with E-state index in [2.05, 4.69) is 39.2 Å². The molecule has 0 unspecified atom stereocenters. The van der Waals surface area contributed by atoms with Crippen molar-refractivity contribution < 1.29 is 38.2 Å². The first-order chi connectivity index (χ1) is 23.5. The molecule has 1 amide bonds. The molecule has 0 bridgehead atoms. The fourth-order valence-electron chi connectivity index (χ4n) is 6.28. The number of carbonyl (C=O) groups is 4. The Hall–Kier alpha value is -3.97. The Morgan fingerprint density at radius 1 is 1.06 bits per heavy atom. The average molecular weight is 725 g/mol. The van der Waals surface area contributed by atoms with Gasteiger partial charge in [-0.2, -0.15) is 0 Å². The lowest BCUT2D eigenvalue weighted by atomic mass is 9.75. The molecule has 1 aromatic carbocycles. The summed E-state index contributed by atoms with van der Waals surface area (Å²) in [5.74, 6) is -0.176. The van der Waals surface area contributed by atoms with E-state index in [0.717, 1.165) is 11.0 Å². The van der Waals surface area contributed by atoms with Crippen molar-refractivity contribution in [3.63, 3.8) is 0 Å². The van der Waals surface area contributed by atoms with Crippen LogP contribution in [0.5, 0.6) is 5.75 Å². The second kappa shape index (κ2) is 14.6. The number of hydrogen-bond acceptors (Lipinski definition) is 8. The predicted molar refractivity (Wildman–Crippen MR) is 199 cm³/mol. The van der Waals surface area contributed by atoms with Crippen molar-refractivity contribution >= 4 is 43.2 Å². The number of nitrogens with zero attached hydrogens (tertiary/aromatic N) is 3. The first-order valence-corrected chi connectivity index (χ1v) is 20.7. The minimum absolute atomic E-state index is 0.00427. The maximum atomic E-state index is 14.4. The number of imidazole rings is 1. The second-order valence-electron chi connectivity index (χ2n) is 16.9. The SMILES string of the molecule is CCCC[C@H](NC(=O)c1c(C)c2c(n1C(=O)OC(C)(C)C)CC(C)(C)CC2=O)c1nc2ccc(OCCO[Si](C)(C)C(C)(C)C)cc2n1C(=O)O. The molecule has 0 saturated heterocycles. The molecule has 2 N–H and O–H groups in total. The molecule has 0 radical (unpaired) electrons. The normalized spacial score (nSPS) is 15.4. The molecule has 1 aliphatic carbocycles. The van der Waals surface area contributed by atoms with Crippen molar-refractivity contribution in [3.05, 3.63) is 46.5 Å². The minimum Gasteiger partial charge on any atom is -0.491 e. The molecule has 2 heterocycles. The number of amides is 1. The fraction of sp³-hybridized carbons (Fsp3) is 0.605. The van der Waals surface area contributed by atoms with E-state index in [1.54, 1.807) is 45.9 Å². The molecule has 280 valence electrons. The van der Waals surface area contributed by atoms with Crippen molar-refractivity contribution in [2.24, 2.45) is 5.41 Å². The molecule has 1 aliphatic rings. The van der Waals surface area contributed by atoms with Gasteiger partial charge in [0.25, 0.3) is 5.91 Å². The number of benzene rings is 1. The molecule has 0 saturated carbocycles. The van der Waals surface area contributed by atoms with E-state index < -0.39 is 43.5 Å². The average Bonchev–Trinajstić information content (AvgIpc) is 3.50. The maximum Gasteiger partial charge on any atom is 0.419 e. The summed E-state index contributed by atoms with van der Waals surface area (Å²) in [6.45, 7) is 24.3. The third-order valence-corrected chi connectivity index (χ3v) is 14.3. The van der Waals surface area contributed by atoms with E-state index in [0.29, 0.717) is 66.1 Å². The number of fused-ring (bicyclic) bond motifs is 2. The molecule has 2 aromatic heterocycles. The summed E-state index contributed by atoms with van der Waals surface area (Å²) in [6, 6.07) is 4.22. The van der Waals surface area contributed by atoms with Crippen molar-refractivity contribution in [2.75, 3.05) is 13.2 Å². The topological polar surface area (TPSA) is 151 Å². The van der Waals surface area contributed by atoms with E-state index in [-0.39, 0.29) is 28.8 Å². The van der Waals surface area contributed by atoms with E-state index in [1.165, 1.54) is 4.57 Å². The third kappa shape index (κ3) is 8.74. The van der Waals surface area contributed by atoms with Gasteiger partial charge in [0.15, 0.2) is 14.1 Å². The number of unbranched alkanes of at least 4 members (excludes halogenated alkanes) is 1. The molecule has 0 spiro atoms. The van der Waals surface area contributed by atoms with Gasteiger partial charge < -0.3 is 24.3 Å². The van der Waals surface area contributed by atoms with Gasteiger partial charge in [-0.1, -0.05) is 54.4 Å². The summed E-state index contributed by atoms with van der Waals surface area (Å²) in [5.41, 5.74) is 0.620. The molecule has 13 heteroatoms. The quantitative estimate of drug-likeness (QED) is 0.146. The number of Topliss-reactive ketones (excluding diaryl/α,β-unsaturated/α-hetero) is 1. The zero-order valence-electron chi connectivity index (χ0n) is 32.4. The maximum absolute atomic E-state index is 14.4.